The van der Waals surface area contributed by atoms with Crippen molar-refractivity contribution in [2.24, 2.45) is 9.98 Å². The molecule has 0 N–H and O–H groups in total. The summed E-state index contributed by atoms with van der Waals surface area (Å²) in [6.07, 6.45) is 0. The maximum atomic E-state index is 5.62. The summed E-state index contributed by atoms with van der Waals surface area (Å²) in [6, 6.07) is 25.2. The number of amidine groups is 2. The molecule has 2 aliphatic rings. The lowest BCUT2D eigenvalue weighted by Gasteiger charge is -2.09. The second-order valence-electron chi connectivity index (χ2n) is 10.2. The molecule has 0 aromatic heterocycles. The summed E-state index contributed by atoms with van der Waals surface area (Å²) in [7, 11) is 11.6. The number of methoxy groups -OCH3 is 2. The van der Waals surface area contributed by atoms with E-state index < -0.39 is 0 Å². The van der Waals surface area contributed by atoms with Gasteiger partial charge in [0.1, 0.15) is 26.2 Å². The van der Waals surface area contributed by atoms with Gasteiger partial charge in [-0.05, 0) is 46.5 Å². The molecular weight excluding hydrogens is 500 g/mol. The first-order valence-corrected chi connectivity index (χ1v) is 13.5. The summed E-state index contributed by atoms with van der Waals surface area (Å²) < 4.78 is 15.6. The van der Waals surface area contributed by atoms with E-state index in [9.17, 15) is 0 Å². The average molecular weight is 539 g/mol. The van der Waals surface area contributed by atoms with Crippen LogP contribution in [0.3, 0.4) is 0 Å². The van der Waals surface area contributed by atoms with Crippen LogP contribution in [-0.2, 0) is 9.47 Å². The Morgan fingerprint density at radius 3 is 1.12 bits per heavy atom. The van der Waals surface area contributed by atoms with E-state index in [1.165, 1.54) is 0 Å². The fourth-order valence-corrected chi connectivity index (χ4v) is 5.18. The Morgan fingerprint density at radius 1 is 0.575 bits per heavy atom. The van der Waals surface area contributed by atoms with Gasteiger partial charge in [-0.3, -0.25) is 19.0 Å². The van der Waals surface area contributed by atoms with Gasteiger partial charge in [-0.2, -0.15) is 0 Å². The molecule has 0 unspecified atom stereocenters. The first-order valence-electron chi connectivity index (χ1n) is 13.5. The lowest BCUT2D eigenvalue weighted by atomic mass is 10.00. The summed E-state index contributed by atoms with van der Waals surface area (Å²) in [6.45, 7) is 3.85. The lowest BCUT2D eigenvalue weighted by Crippen LogP contribution is -2.33. The molecule has 2 aliphatic heterocycles. The van der Waals surface area contributed by atoms with Crippen LogP contribution in [0.4, 0.5) is 11.4 Å². The standard InChI is InChI=1S/C32H38N6O2/c1-35-19-20-36(2)31(35)29(39-5)33-27-15-11-25(12-16-27)23-7-9-24(10-8-23)26-13-17-28(18-14-26)34-30(40-6)32-37(3)21-22-38(32)4/h7-18H,19-22H2,1-6H3/q+2. The molecule has 40 heavy (non-hydrogen) atoms. The van der Waals surface area contributed by atoms with Crippen LogP contribution in [0.1, 0.15) is 0 Å². The molecule has 0 saturated carbocycles. The van der Waals surface area contributed by atoms with E-state index in [1.54, 1.807) is 14.2 Å². The number of aliphatic imine (C=N–C) groups is 2. The van der Waals surface area contributed by atoms with E-state index in [0.29, 0.717) is 11.8 Å². The highest BCUT2D eigenvalue weighted by Gasteiger charge is 2.32. The molecule has 0 bridgehead atoms. The molecule has 3 aromatic rings. The number of benzene rings is 3. The molecule has 0 spiro atoms. The van der Waals surface area contributed by atoms with E-state index in [0.717, 1.165) is 71.5 Å². The van der Waals surface area contributed by atoms with Crippen LogP contribution in [0.2, 0.25) is 0 Å². The van der Waals surface area contributed by atoms with Crippen molar-refractivity contribution in [3.8, 4) is 22.3 Å². The molecule has 3 aromatic carbocycles. The quantitative estimate of drug-likeness (QED) is 0.266. The van der Waals surface area contributed by atoms with Crippen molar-refractivity contribution >= 4 is 34.8 Å². The summed E-state index contributed by atoms with van der Waals surface area (Å²) in [5, 5.41) is 0. The minimum atomic E-state index is 0.631. The van der Waals surface area contributed by atoms with E-state index in [-0.39, 0.29) is 0 Å². The van der Waals surface area contributed by atoms with Gasteiger partial charge in [0.15, 0.2) is 0 Å². The summed E-state index contributed by atoms with van der Waals surface area (Å²) in [5.41, 5.74) is 6.32. The van der Waals surface area contributed by atoms with Crippen LogP contribution >= 0.6 is 0 Å². The molecule has 0 radical (unpaired) electrons. The van der Waals surface area contributed by atoms with Gasteiger partial charge in [-0.15, -0.1) is 0 Å². The zero-order chi connectivity index (χ0) is 28.2. The summed E-state index contributed by atoms with van der Waals surface area (Å²) in [4.78, 5) is 13.9. The SMILES string of the molecule is COC(=Nc1ccc(-c2ccc(-c3ccc(N=C(OC)C4=[N+](C)CCN4C)cc3)cc2)cc1)C1=[N+](C)CCN1C. The zero-order valence-electron chi connectivity index (χ0n) is 24.3. The van der Waals surface area contributed by atoms with E-state index in [2.05, 4.69) is 95.7 Å². The predicted molar refractivity (Wildman–Crippen MR) is 163 cm³/mol. The third-order valence-corrected chi connectivity index (χ3v) is 7.50. The van der Waals surface area contributed by atoms with Crippen molar-refractivity contribution in [2.75, 3.05) is 68.6 Å². The topological polar surface area (TPSA) is 55.7 Å². The van der Waals surface area contributed by atoms with Gasteiger partial charge in [0.2, 0.25) is 0 Å². The first kappa shape index (κ1) is 27.1. The Balaban J connectivity index is 1.30. The smallest absolute Gasteiger partial charge is 0.335 e. The largest absolute Gasteiger partial charge is 0.475 e. The zero-order valence-corrected chi connectivity index (χ0v) is 24.3. The van der Waals surface area contributed by atoms with Gasteiger partial charge in [-0.25, -0.2) is 9.98 Å². The number of rotatable bonds is 6. The molecule has 8 nitrogen and oxygen atoms in total. The highest BCUT2D eigenvalue weighted by atomic mass is 16.5. The Kier molecular flexibility index (Phi) is 7.96. The van der Waals surface area contributed by atoms with Gasteiger partial charge in [0.25, 0.3) is 0 Å². The highest BCUT2D eigenvalue weighted by molar-refractivity contribution is 6.36. The Labute approximate surface area is 236 Å². The van der Waals surface area contributed by atoms with Crippen LogP contribution in [-0.4, -0.2) is 111 Å². The predicted octanol–water partition coefficient (Wildman–Crippen LogP) is 4.35. The van der Waals surface area contributed by atoms with Crippen LogP contribution in [0, 0.1) is 0 Å². The fraction of sp³-hybridized carbons (Fsp3) is 0.312. The minimum Gasteiger partial charge on any atom is -0.475 e. The van der Waals surface area contributed by atoms with Gasteiger partial charge >= 0.3 is 23.5 Å². The molecule has 206 valence electrons. The van der Waals surface area contributed by atoms with Crippen molar-refractivity contribution in [2.45, 2.75) is 0 Å². The second kappa shape index (κ2) is 11.7. The number of likely N-dealkylation sites (N-methyl/N-ethyl adjacent to an activating group) is 4. The molecule has 0 aliphatic carbocycles. The second-order valence-corrected chi connectivity index (χ2v) is 10.2. The van der Waals surface area contributed by atoms with E-state index in [4.69, 9.17) is 19.5 Å². The Morgan fingerprint density at radius 2 is 0.875 bits per heavy atom. The van der Waals surface area contributed by atoms with Crippen LogP contribution < -0.4 is 0 Å². The van der Waals surface area contributed by atoms with Gasteiger partial charge in [0.05, 0.1) is 53.8 Å². The maximum Gasteiger partial charge on any atom is 0.335 e. The van der Waals surface area contributed by atoms with Crippen LogP contribution in [0.5, 0.6) is 0 Å². The summed E-state index contributed by atoms with van der Waals surface area (Å²) in [5.74, 6) is 3.28. The molecule has 0 fully saturated rings. The molecular formula is C32H38N6O2+2. The minimum absolute atomic E-state index is 0.631. The number of hydrogen-bond donors (Lipinski definition) is 0. The van der Waals surface area contributed by atoms with Crippen molar-refractivity contribution < 1.29 is 18.6 Å². The monoisotopic (exact) mass is 538 g/mol. The first-order chi connectivity index (χ1) is 19.4. The molecule has 8 heteroatoms. The average Bonchev–Trinajstić information content (AvgIpc) is 3.50. The normalized spacial score (nSPS) is 16.4. The number of hydrogen-bond acceptors (Lipinski definition) is 6. The van der Waals surface area contributed by atoms with Crippen LogP contribution in [0.25, 0.3) is 22.3 Å². The van der Waals surface area contributed by atoms with Crippen molar-refractivity contribution in [3.63, 3.8) is 0 Å². The molecule has 0 saturated heterocycles. The van der Waals surface area contributed by atoms with Gasteiger partial charge < -0.3 is 9.47 Å². The van der Waals surface area contributed by atoms with E-state index >= 15 is 0 Å². The lowest BCUT2D eigenvalue weighted by molar-refractivity contribution is -0.485. The summed E-state index contributed by atoms with van der Waals surface area (Å²) >= 11 is 0. The highest BCUT2D eigenvalue weighted by Crippen LogP contribution is 2.28. The van der Waals surface area contributed by atoms with Gasteiger partial charge in [-0.1, -0.05) is 48.5 Å². The molecule has 5 rings (SSSR count). The number of ether oxygens (including phenoxy) is 2. The van der Waals surface area contributed by atoms with Gasteiger partial charge in [0, 0.05) is 0 Å². The Hall–Kier alpha value is -4.46. The number of nitrogens with zero attached hydrogens (tertiary/aromatic N) is 6. The maximum absolute atomic E-state index is 5.62. The Bertz CT molecular complexity index is 1370. The van der Waals surface area contributed by atoms with Crippen molar-refractivity contribution in [3.05, 3.63) is 72.8 Å². The third-order valence-electron chi connectivity index (χ3n) is 7.50. The van der Waals surface area contributed by atoms with Crippen molar-refractivity contribution in [1.29, 1.82) is 0 Å². The van der Waals surface area contributed by atoms with Crippen molar-refractivity contribution in [1.82, 2.24) is 9.80 Å². The molecule has 0 atom stereocenters. The fourth-order valence-electron chi connectivity index (χ4n) is 5.18. The van der Waals surface area contributed by atoms with Crippen LogP contribution in [0.15, 0.2) is 82.8 Å². The van der Waals surface area contributed by atoms with E-state index in [1.807, 2.05) is 24.3 Å². The molecule has 0 amide bonds. The molecule has 2 heterocycles. The third kappa shape index (κ3) is 5.61.